The molecule has 1 atom stereocenters. The number of hydrogen-bond donors (Lipinski definition) is 2. The van der Waals surface area contributed by atoms with Crippen molar-refractivity contribution < 1.29 is 5.11 Å². The summed E-state index contributed by atoms with van der Waals surface area (Å²) >= 11 is 3.41. The smallest absolute Gasteiger partial charge is 0.124 e. The molecular weight excluding hydrogens is 277 g/mol. The fourth-order valence-electron chi connectivity index (χ4n) is 1.50. The van der Waals surface area contributed by atoms with Crippen LogP contribution in [-0.4, -0.2) is 5.11 Å². The molecule has 4 heteroatoms. The standard InChI is InChI=1S/C11H16BrNO.ClH/c1-3-4-9(13)10-8(12)6-5-7(2)11(10)14;/h5-6,9,14H,3-4,13H2,1-2H3;1H/t9-;/m1./s1. The van der Waals surface area contributed by atoms with Gasteiger partial charge >= 0.3 is 0 Å². The van der Waals surface area contributed by atoms with E-state index in [1.165, 1.54) is 0 Å². The first-order valence-corrected chi connectivity index (χ1v) is 5.60. The summed E-state index contributed by atoms with van der Waals surface area (Å²) in [6.07, 6.45) is 1.90. The van der Waals surface area contributed by atoms with E-state index in [1.807, 2.05) is 19.1 Å². The van der Waals surface area contributed by atoms with Gasteiger partial charge in [-0.05, 0) is 25.0 Å². The van der Waals surface area contributed by atoms with Crippen molar-refractivity contribution in [3.63, 3.8) is 0 Å². The van der Waals surface area contributed by atoms with E-state index in [1.54, 1.807) is 0 Å². The molecule has 1 rings (SSSR count). The summed E-state index contributed by atoms with van der Waals surface area (Å²) in [6, 6.07) is 3.72. The minimum atomic E-state index is -0.0886. The van der Waals surface area contributed by atoms with Gasteiger partial charge in [0.15, 0.2) is 0 Å². The van der Waals surface area contributed by atoms with Crippen LogP contribution in [0, 0.1) is 6.92 Å². The van der Waals surface area contributed by atoms with Crippen LogP contribution >= 0.6 is 28.3 Å². The summed E-state index contributed by atoms with van der Waals surface area (Å²) in [7, 11) is 0. The second kappa shape index (κ2) is 6.36. The molecule has 86 valence electrons. The van der Waals surface area contributed by atoms with Gasteiger partial charge in [0.05, 0.1) is 0 Å². The van der Waals surface area contributed by atoms with Gasteiger partial charge in [-0.1, -0.05) is 35.3 Å². The average molecular weight is 295 g/mol. The predicted molar refractivity (Wildman–Crippen MR) is 69.6 cm³/mol. The zero-order valence-corrected chi connectivity index (χ0v) is 11.4. The number of phenols is 1. The van der Waals surface area contributed by atoms with Gasteiger partial charge in [0.1, 0.15) is 5.75 Å². The zero-order valence-electron chi connectivity index (χ0n) is 8.96. The number of phenolic OH excluding ortho intramolecular Hbond substituents is 1. The van der Waals surface area contributed by atoms with Crippen molar-refractivity contribution >= 4 is 28.3 Å². The van der Waals surface area contributed by atoms with Crippen LogP contribution in [0.5, 0.6) is 5.75 Å². The summed E-state index contributed by atoms with van der Waals surface area (Å²) in [5.41, 5.74) is 7.68. The molecule has 0 aliphatic heterocycles. The quantitative estimate of drug-likeness (QED) is 0.893. The maximum atomic E-state index is 9.87. The third kappa shape index (κ3) is 3.37. The minimum absolute atomic E-state index is 0. The molecule has 0 aromatic heterocycles. The van der Waals surface area contributed by atoms with Crippen LogP contribution in [0.2, 0.25) is 0 Å². The molecule has 1 aromatic rings. The molecule has 0 bridgehead atoms. The highest BCUT2D eigenvalue weighted by Gasteiger charge is 2.15. The van der Waals surface area contributed by atoms with Crippen LogP contribution < -0.4 is 5.73 Å². The fraction of sp³-hybridized carbons (Fsp3) is 0.455. The molecule has 2 nitrogen and oxygen atoms in total. The highest BCUT2D eigenvalue weighted by Crippen LogP contribution is 2.34. The van der Waals surface area contributed by atoms with Crippen LogP contribution in [0.4, 0.5) is 0 Å². The summed E-state index contributed by atoms with van der Waals surface area (Å²) in [5.74, 6) is 0.320. The number of hydrogen-bond acceptors (Lipinski definition) is 2. The summed E-state index contributed by atoms with van der Waals surface area (Å²) < 4.78 is 0.890. The molecule has 0 aliphatic carbocycles. The van der Waals surface area contributed by atoms with E-state index >= 15 is 0 Å². The van der Waals surface area contributed by atoms with E-state index in [2.05, 4.69) is 22.9 Å². The Labute approximate surface area is 105 Å². The largest absolute Gasteiger partial charge is 0.507 e. The van der Waals surface area contributed by atoms with Crippen LogP contribution in [0.25, 0.3) is 0 Å². The molecule has 15 heavy (non-hydrogen) atoms. The zero-order chi connectivity index (χ0) is 10.7. The molecule has 0 aliphatic rings. The number of rotatable bonds is 3. The van der Waals surface area contributed by atoms with Gasteiger partial charge in [0, 0.05) is 16.1 Å². The van der Waals surface area contributed by atoms with E-state index in [4.69, 9.17) is 5.73 Å². The van der Waals surface area contributed by atoms with Crippen molar-refractivity contribution in [2.24, 2.45) is 5.73 Å². The van der Waals surface area contributed by atoms with Crippen LogP contribution in [0.1, 0.15) is 36.9 Å². The molecule has 1 aromatic carbocycles. The molecular formula is C11H17BrClNO. The third-order valence-corrected chi connectivity index (χ3v) is 3.03. The van der Waals surface area contributed by atoms with Gasteiger partial charge in [-0.3, -0.25) is 0 Å². The Balaban J connectivity index is 0.00000196. The Morgan fingerprint density at radius 1 is 1.47 bits per heavy atom. The summed E-state index contributed by atoms with van der Waals surface area (Å²) in [5, 5.41) is 9.87. The first kappa shape index (κ1) is 14.8. The maximum absolute atomic E-state index is 9.87. The molecule has 3 N–H and O–H groups in total. The highest BCUT2D eigenvalue weighted by molar-refractivity contribution is 9.10. The van der Waals surface area contributed by atoms with Crippen molar-refractivity contribution in [2.75, 3.05) is 0 Å². The van der Waals surface area contributed by atoms with Crippen LogP contribution in [0.15, 0.2) is 16.6 Å². The van der Waals surface area contributed by atoms with Crippen molar-refractivity contribution in [3.8, 4) is 5.75 Å². The number of benzene rings is 1. The predicted octanol–water partition coefficient (Wildman–Crippen LogP) is 3.68. The highest BCUT2D eigenvalue weighted by atomic mass is 79.9. The van der Waals surface area contributed by atoms with Gasteiger partial charge < -0.3 is 10.8 Å². The van der Waals surface area contributed by atoms with Gasteiger partial charge in [0.2, 0.25) is 0 Å². The lowest BCUT2D eigenvalue weighted by Crippen LogP contribution is -2.11. The van der Waals surface area contributed by atoms with E-state index < -0.39 is 0 Å². The monoisotopic (exact) mass is 293 g/mol. The van der Waals surface area contributed by atoms with Gasteiger partial charge in [-0.2, -0.15) is 0 Å². The molecule has 0 saturated carbocycles. The van der Waals surface area contributed by atoms with Gasteiger partial charge in [0.25, 0.3) is 0 Å². The van der Waals surface area contributed by atoms with Gasteiger partial charge in [-0.25, -0.2) is 0 Å². The Hall–Kier alpha value is -0.250. The Morgan fingerprint density at radius 2 is 2.07 bits per heavy atom. The molecule has 0 fully saturated rings. The normalized spacial score (nSPS) is 12.0. The second-order valence-electron chi connectivity index (χ2n) is 3.52. The summed E-state index contributed by atoms with van der Waals surface area (Å²) in [6.45, 7) is 3.96. The average Bonchev–Trinajstić information content (AvgIpc) is 2.13. The second-order valence-corrected chi connectivity index (χ2v) is 4.38. The van der Waals surface area contributed by atoms with E-state index in [0.717, 1.165) is 28.4 Å². The maximum Gasteiger partial charge on any atom is 0.124 e. The Morgan fingerprint density at radius 3 is 2.60 bits per heavy atom. The van der Waals surface area contributed by atoms with E-state index in [9.17, 15) is 5.11 Å². The first-order valence-electron chi connectivity index (χ1n) is 4.81. The molecule has 0 amide bonds. The number of nitrogens with two attached hydrogens (primary N) is 1. The first-order chi connectivity index (χ1) is 6.57. The molecule has 0 saturated heterocycles. The lowest BCUT2D eigenvalue weighted by molar-refractivity contribution is 0.453. The van der Waals surface area contributed by atoms with Crippen LogP contribution in [-0.2, 0) is 0 Å². The van der Waals surface area contributed by atoms with E-state index in [0.29, 0.717) is 5.75 Å². The number of aryl methyl sites for hydroxylation is 1. The van der Waals surface area contributed by atoms with Crippen molar-refractivity contribution in [2.45, 2.75) is 32.7 Å². The molecule has 0 radical (unpaired) electrons. The van der Waals surface area contributed by atoms with Crippen LogP contribution in [0.3, 0.4) is 0 Å². The number of halogens is 2. The molecule has 0 heterocycles. The number of aromatic hydroxyl groups is 1. The van der Waals surface area contributed by atoms with Crippen molar-refractivity contribution in [1.29, 1.82) is 0 Å². The van der Waals surface area contributed by atoms with E-state index in [-0.39, 0.29) is 18.4 Å². The fourth-order valence-corrected chi connectivity index (χ4v) is 2.11. The summed E-state index contributed by atoms with van der Waals surface area (Å²) in [4.78, 5) is 0. The van der Waals surface area contributed by atoms with Crippen molar-refractivity contribution in [1.82, 2.24) is 0 Å². The Kier molecular flexibility index (Phi) is 6.25. The lowest BCUT2D eigenvalue weighted by atomic mass is 10.00. The third-order valence-electron chi connectivity index (χ3n) is 2.34. The van der Waals surface area contributed by atoms with Crippen molar-refractivity contribution in [3.05, 3.63) is 27.7 Å². The topological polar surface area (TPSA) is 46.2 Å². The molecule has 0 spiro atoms. The van der Waals surface area contributed by atoms with Gasteiger partial charge in [-0.15, -0.1) is 12.4 Å². The Bertz CT molecular complexity index is 331. The lowest BCUT2D eigenvalue weighted by Gasteiger charge is -2.16. The molecule has 0 unspecified atom stereocenters. The SMILES string of the molecule is CCC[C@@H](N)c1c(Br)ccc(C)c1O.Cl. The minimum Gasteiger partial charge on any atom is -0.507 e.